The lowest BCUT2D eigenvalue weighted by Crippen LogP contribution is -2.35. The topological polar surface area (TPSA) is 99.4 Å². The molecular formula is C21H22N4O4S. The first kappa shape index (κ1) is 20.2. The molecule has 0 fully saturated rings. The fourth-order valence-electron chi connectivity index (χ4n) is 2.93. The molecule has 30 heavy (non-hydrogen) atoms. The molecule has 156 valence electrons. The van der Waals surface area contributed by atoms with Gasteiger partial charge in [-0.2, -0.15) is 0 Å². The van der Waals surface area contributed by atoms with Gasteiger partial charge < -0.3 is 19.2 Å². The van der Waals surface area contributed by atoms with E-state index in [0.29, 0.717) is 29.2 Å². The highest BCUT2D eigenvalue weighted by Gasteiger charge is 2.30. The zero-order valence-corrected chi connectivity index (χ0v) is 17.5. The minimum atomic E-state index is -0.487. The van der Waals surface area contributed by atoms with Crippen molar-refractivity contribution in [3.05, 3.63) is 60.2 Å². The third-order valence-corrected chi connectivity index (χ3v) is 5.87. The van der Waals surface area contributed by atoms with E-state index >= 15 is 0 Å². The van der Waals surface area contributed by atoms with Gasteiger partial charge in [0, 0.05) is 18.9 Å². The van der Waals surface area contributed by atoms with Crippen LogP contribution in [0.15, 0.2) is 58.4 Å². The van der Waals surface area contributed by atoms with E-state index in [-0.39, 0.29) is 23.7 Å². The van der Waals surface area contributed by atoms with Gasteiger partial charge in [-0.05, 0) is 29.7 Å². The zero-order chi connectivity index (χ0) is 20.9. The van der Waals surface area contributed by atoms with Gasteiger partial charge >= 0.3 is 0 Å². The number of carbonyl (C=O) groups is 1. The Kier molecular flexibility index (Phi) is 6.18. The van der Waals surface area contributed by atoms with Crippen molar-refractivity contribution in [3.8, 4) is 11.5 Å². The Morgan fingerprint density at radius 3 is 2.80 bits per heavy atom. The lowest BCUT2D eigenvalue weighted by Gasteiger charge is -2.23. The summed E-state index contributed by atoms with van der Waals surface area (Å²) >= 11 is 1.25. The first-order valence-corrected chi connectivity index (χ1v) is 10.5. The van der Waals surface area contributed by atoms with Crippen molar-refractivity contribution in [2.75, 3.05) is 6.61 Å². The molecule has 2 atom stereocenters. The molecule has 0 bridgehead atoms. The number of para-hydroxylation sites is 2. The zero-order valence-electron chi connectivity index (χ0n) is 16.6. The van der Waals surface area contributed by atoms with E-state index in [1.165, 1.54) is 11.8 Å². The molecule has 3 aromatic rings. The Labute approximate surface area is 178 Å². The quantitative estimate of drug-likeness (QED) is 0.574. The van der Waals surface area contributed by atoms with E-state index in [1.54, 1.807) is 12.4 Å². The molecule has 9 heteroatoms. The molecule has 4 rings (SSSR count). The number of hydrogen-bond donors (Lipinski definition) is 1. The standard InChI is InChI=1S/C21H22N4O4S/c1-13(2)18(19(26)23-11-14-6-5-9-22-10-14)30-21-25-24-20(29-21)17-12-27-15-7-3-4-8-16(15)28-17/h3-10,13,17-18H,11-12H2,1-2H3,(H,23,26)/t17-,18+/m0/s1. The van der Waals surface area contributed by atoms with Gasteiger partial charge in [0.25, 0.3) is 11.1 Å². The molecule has 1 aromatic carbocycles. The maximum Gasteiger partial charge on any atom is 0.277 e. The molecule has 0 unspecified atom stereocenters. The van der Waals surface area contributed by atoms with E-state index < -0.39 is 6.10 Å². The van der Waals surface area contributed by atoms with Crippen LogP contribution in [0.5, 0.6) is 11.5 Å². The second-order valence-electron chi connectivity index (χ2n) is 7.13. The average Bonchev–Trinajstić information content (AvgIpc) is 3.25. The van der Waals surface area contributed by atoms with Crippen LogP contribution < -0.4 is 14.8 Å². The molecule has 8 nitrogen and oxygen atoms in total. The molecule has 1 aliphatic rings. The average molecular weight is 426 g/mol. The molecule has 1 amide bonds. The molecule has 3 heterocycles. The van der Waals surface area contributed by atoms with Crippen molar-refractivity contribution in [3.63, 3.8) is 0 Å². The van der Waals surface area contributed by atoms with Crippen LogP contribution in [0.3, 0.4) is 0 Å². The number of amides is 1. The first-order chi connectivity index (χ1) is 14.6. The number of carbonyl (C=O) groups excluding carboxylic acids is 1. The normalized spacial score (nSPS) is 16.3. The van der Waals surface area contributed by atoms with Gasteiger partial charge in [0.1, 0.15) is 6.61 Å². The number of pyridine rings is 1. The van der Waals surface area contributed by atoms with Gasteiger partial charge in [-0.3, -0.25) is 9.78 Å². The Balaban J connectivity index is 1.39. The monoisotopic (exact) mass is 426 g/mol. The summed E-state index contributed by atoms with van der Waals surface area (Å²) < 4.78 is 17.4. The minimum Gasteiger partial charge on any atom is -0.485 e. The number of nitrogens with one attached hydrogen (secondary N) is 1. The summed E-state index contributed by atoms with van der Waals surface area (Å²) in [6.07, 6.45) is 2.94. The molecule has 0 radical (unpaired) electrons. The van der Waals surface area contributed by atoms with Crippen molar-refractivity contribution in [2.45, 2.75) is 37.0 Å². The molecule has 2 aromatic heterocycles. The number of thioether (sulfide) groups is 1. The third kappa shape index (κ3) is 4.73. The van der Waals surface area contributed by atoms with Crippen molar-refractivity contribution >= 4 is 17.7 Å². The van der Waals surface area contributed by atoms with Gasteiger partial charge in [0.15, 0.2) is 11.5 Å². The molecule has 0 spiro atoms. The number of hydrogen-bond acceptors (Lipinski definition) is 8. The van der Waals surface area contributed by atoms with Crippen molar-refractivity contribution in [2.24, 2.45) is 5.92 Å². The Hall–Kier alpha value is -3.07. The lowest BCUT2D eigenvalue weighted by atomic mass is 10.1. The largest absolute Gasteiger partial charge is 0.485 e. The molecule has 1 N–H and O–H groups in total. The third-order valence-electron chi connectivity index (χ3n) is 4.49. The van der Waals surface area contributed by atoms with Crippen molar-refractivity contribution < 1.29 is 18.7 Å². The predicted octanol–water partition coefficient (Wildman–Crippen LogP) is 3.41. The highest BCUT2D eigenvalue weighted by Crippen LogP contribution is 2.36. The molecule has 0 saturated heterocycles. The van der Waals surface area contributed by atoms with Crippen LogP contribution in [0.4, 0.5) is 0 Å². The Bertz CT molecular complexity index is 995. The Morgan fingerprint density at radius 1 is 1.20 bits per heavy atom. The Morgan fingerprint density at radius 2 is 2.03 bits per heavy atom. The highest BCUT2D eigenvalue weighted by atomic mass is 32.2. The number of rotatable bonds is 7. The van der Waals surface area contributed by atoms with E-state index in [1.807, 2.05) is 50.2 Å². The van der Waals surface area contributed by atoms with E-state index in [4.69, 9.17) is 13.9 Å². The highest BCUT2D eigenvalue weighted by molar-refractivity contribution is 8.00. The van der Waals surface area contributed by atoms with E-state index in [2.05, 4.69) is 20.5 Å². The fraction of sp³-hybridized carbons (Fsp3) is 0.333. The number of ether oxygens (including phenoxy) is 2. The predicted molar refractivity (Wildman–Crippen MR) is 110 cm³/mol. The smallest absolute Gasteiger partial charge is 0.277 e. The van der Waals surface area contributed by atoms with Crippen LogP contribution >= 0.6 is 11.8 Å². The van der Waals surface area contributed by atoms with Gasteiger partial charge in [-0.25, -0.2) is 0 Å². The number of aromatic nitrogens is 3. The van der Waals surface area contributed by atoms with Crippen LogP contribution in [0.1, 0.15) is 31.4 Å². The van der Waals surface area contributed by atoms with Crippen LogP contribution in [0.25, 0.3) is 0 Å². The van der Waals surface area contributed by atoms with Crippen molar-refractivity contribution in [1.29, 1.82) is 0 Å². The van der Waals surface area contributed by atoms with Crippen LogP contribution in [0.2, 0.25) is 0 Å². The lowest BCUT2D eigenvalue weighted by molar-refractivity contribution is -0.121. The molecule has 1 aliphatic heterocycles. The second-order valence-corrected chi connectivity index (χ2v) is 8.22. The number of fused-ring (bicyclic) bond motifs is 1. The van der Waals surface area contributed by atoms with Gasteiger partial charge in [-0.1, -0.05) is 43.8 Å². The summed E-state index contributed by atoms with van der Waals surface area (Å²) in [6, 6.07) is 11.2. The molecule has 0 saturated carbocycles. The summed E-state index contributed by atoms with van der Waals surface area (Å²) in [6.45, 7) is 4.65. The number of nitrogens with zero attached hydrogens (tertiary/aromatic N) is 3. The SMILES string of the molecule is CC(C)[C@@H](Sc1nnc([C@@H]2COc3ccccc3O2)o1)C(=O)NCc1cccnc1. The maximum absolute atomic E-state index is 12.7. The fourth-order valence-corrected chi connectivity index (χ4v) is 3.83. The second kappa shape index (κ2) is 9.17. The van der Waals surface area contributed by atoms with E-state index in [9.17, 15) is 4.79 Å². The van der Waals surface area contributed by atoms with Crippen LogP contribution in [0, 0.1) is 5.92 Å². The van der Waals surface area contributed by atoms with Gasteiger partial charge in [0.2, 0.25) is 12.0 Å². The van der Waals surface area contributed by atoms with Crippen LogP contribution in [-0.2, 0) is 11.3 Å². The first-order valence-electron chi connectivity index (χ1n) is 9.65. The van der Waals surface area contributed by atoms with Gasteiger partial charge in [-0.15, -0.1) is 10.2 Å². The molecule has 0 aliphatic carbocycles. The minimum absolute atomic E-state index is 0.0698. The van der Waals surface area contributed by atoms with Gasteiger partial charge in [0.05, 0.1) is 5.25 Å². The van der Waals surface area contributed by atoms with Crippen molar-refractivity contribution in [1.82, 2.24) is 20.5 Å². The summed E-state index contributed by atoms with van der Waals surface area (Å²) in [7, 11) is 0. The van der Waals surface area contributed by atoms with Crippen LogP contribution in [-0.4, -0.2) is 32.9 Å². The number of benzene rings is 1. The summed E-state index contributed by atoms with van der Waals surface area (Å²) in [5, 5.41) is 11.1. The summed E-state index contributed by atoms with van der Waals surface area (Å²) in [5.41, 5.74) is 0.938. The summed E-state index contributed by atoms with van der Waals surface area (Å²) in [5.74, 6) is 1.62. The van der Waals surface area contributed by atoms with E-state index in [0.717, 1.165) is 5.56 Å². The summed E-state index contributed by atoms with van der Waals surface area (Å²) in [4.78, 5) is 16.8. The molecular weight excluding hydrogens is 404 g/mol. The maximum atomic E-state index is 12.7.